The number of piperidine rings is 1. The van der Waals surface area contributed by atoms with E-state index in [-0.39, 0.29) is 23.8 Å². The zero-order valence-corrected chi connectivity index (χ0v) is 12.5. The van der Waals surface area contributed by atoms with Crippen molar-refractivity contribution in [1.82, 2.24) is 15.0 Å². The molecule has 128 valence electrons. The number of carboxylic acid groups (broad SMARTS) is 1. The van der Waals surface area contributed by atoms with Crippen molar-refractivity contribution in [3.63, 3.8) is 0 Å². The molecule has 1 N–H and O–H groups in total. The topological polar surface area (TPSA) is 79.5 Å². The summed E-state index contributed by atoms with van der Waals surface area (Å²) in [6.07, 6.45) is 1.36. The fraction of sp³-hybridized carbons (Fsp3) is 0.400. The van der Waals surface area contributed by atoms with E-state index in [1.807, 2.05) is 4.90 Å². The van der Waals surface area contributed by atoms with E-state index in [1.165, 1.54) is 0 Å². The van der Waals surface area contributed by atoms with E-state index < -0.39 is 29.3 Å². The summed E-state index contributed by atoms with van der Waals surface area (Å²) in [5, 5.41) is 12.7. The maximum Gasteiger partial charge on any atom is 0.307 e. The van der Waals surface area contributed by atoms with Crippen LogP contribution >= 0.6 is 0 Å². The van der Waals surface area contributed by atoms with Crippen LogP contribution in [0.1, 0.15) is 18.7 Å². The van der Waals surface area contributed by atoms with Crippen LogP contribution in [0.3, 0.4) is 0 Å². The van der Waals surface area contributed by atoms with Gasteiger partial charge in [0.25, 0.3) is 0 Å². The molecule has 1 saturated heterocycles. The third-order valence-corrected chi connectivity index (χ3v) is 3.92. The van der Waals surface area contributed by atoms with Crippen molar-refractivity contribution in [3.05, 3.63) is 35.5 Å². The van der Waals surface area contributed by atoms with Gasteiger partial charge in [0.15, 0.2) is 17.5 Å². The molecular formula is C15H14F3N3O3. The molecule has 1 atom stereocenters. The number of likely N-dealkylation sites (tertiary alicyclic amines) is 1. The molecule has 1 fully saturated rings. The average Bonchev–Trinajstić information content (AvgIpc) is 3.01. The van der Waals surface area contributed by atoms with Crippen LogP contribution in [0.4, 0.5) is 13.2 Å². The van der Waals surface area contributed by atoms with Crippen LogP contribution in [0.5, 0.6) is 0 Å². The number of rotatable bonds is 4. The Bertz CT molecular complexity index is 742. The number of hydrogen-bond acceptors (Lipinski definition) is 5. The number of carbonyl (C=O) groups is 1. The van der Waals surface area contributed by atoms with Gasteiger partial charge < -0.3 is 9.63 Å². The Morgan fingerprint density at radius 3 is 2.71 bits per heavy atom. The first-order valence-corrected chi connectivity index (χ1v) is 7.36. The first kappa shape index (κ1) is 16.4. The fourth-order valence-electron chi connectivity index (χ4n) is 2.71. The molecule has 0 spiro atoms. The van der Waals surface area contributed by atoms with Crippen LogP contribution in [0.2, 0.25) is 0 Å². The molecule has 3 rings (SSSR count). The molecule has 0 bridgehead atoms. The summed E-state index contributed by atoms with van der Waals surface area (Å²) >= 11 is 0. The second-order valence-electron chi connectivity index (χ2n) is 5.68. The SMILES string of the molecule is O=C(O)C1CCCN(Cc2nc(-c3cc(F)c(F)c(F)c3)no2)C1. The van der Waals surface area contributed by atoms with Gasteiger partial charge in [-0.05, 0) is 31.5 Å². The molecule has 2 aromatic rings. The smallest absolute Gasteiger partial charge is 0.307 e. The number of aromatic nitrogens is 2. The summed E-state index contributed by atoms with van der Waals surface area (Å²) in [6.45, 7) is 1.30. The average molecular weight is 341 g/mol. The Balaban J connectivity index is 1.73. The van der Waals surface area contributed by atoms with Crippen molar-refractivity contribution in [2.45, 2.75) is 19.4 Å². The summed E-state index contributed by atoms with van der Waals surface area (Å²) in [4.78, 5) is 17.0. The highest BCUT2D eigenvalue weighted by Gasteiger charge is 2.26. The monoisotopic (exact) mass is 341 g/mol. The summed E-state index contributed by atoms with van der Waals surface area (Å²) < 4.78 is 44.5. The van der Waals surface area contributed by atoms with Crippen molar-refractivity contribution in [3.8, 4) is 11.4 Å². The number of benzene rings is 1. The van der Waals surface area contributed by atoms with Crippen LogP contribution in [0.15, 0.2) is 16.7 Å². The van der Waals surface area contributed by atoms with E-state index in [1.54, 1.807) is 0 Å². The second kappa shape index (κ2) is 6.60. The zero-order chi connectivity index (χ0) is 17.3. The van der Waals surface area contributed by atoms with Crippen LogP contribution in [-0.2, 0) is 11.3 Å². The summed E-state index contributed by atoms with van der Waals surface area (Å²) in [5.41, 5.74) is -0.0385. The van der Waals surface area contributed by atoms with Crippen LogP contribution in [0.25, 0.3) is 11.4 Å². The fourth-order valence-corrected chi connectivity index (χ4v) is 2.71. The number of nitrogens with zero attached hydrogens (tertiary/aromatic N) is 3. The third kappa shape index (κ3) is 3.40. The van der Waals surface area contributed by atoms with Crippen molar-refractivity contribution < 1.29 is 27.6 Å². The van der Waals surface area contributed by atoms with Crippen LogP contribution < -0.4 is 0 Å². The Kier molecular flexibility index (Phi) is 4.52. The van der Waals surface area contributed by atoms with E-state index in [0.717, 1.165) is 18.6 Å². The van der Waals surface area contributed by atoms with E-state index in [9.17, 15) is 18.0 Å². The normalized spacial score (nSPS) is 18.7. The Labute approximate surface area is 134 Å². The lowest BCUT2D eigenvalue weighted by molar-refractivity contribution is -0.143. The molecule has 1 unspecified atom stereocenters. The van der Waals surface area contributed by atoms with Gasteiger partial charge in [-0.3, -0.25) is 9.69 Å². The summed E-state index contributed by atoms with van der Waals surface area (Å²) in [5.74, 6) is -5.38. The van der Waals surface area contributed by atoms with Gasteiger partial charge in [-0.15, -0.1) is 0 Å². The number of halogens is 3. The Morgan fingerprint density at radius 2 is 2.04 bits per heavy atom. The zero-order valence-electron chi connectivity index (χ0n) is 12.5. The maximum atomic E-state index is 13.3. The molecule has 1 aromatic heterocycles. The van der Waals surface area contributed by atoms with Gasteiger partial charge in [-0.2, -0.15) is 4.98 Å². The van der Waals surface area contributed by atoms with Gasteiger partial charge >= 0.3 is 5.97 Å². The minimum atomic E-state index is -1.56. The Hall–Kier alpha value is -2.42. The minimum Gasteiger partial charge on any atom is -0.481 e. The number of carboxylic acids is 1. The highest BCUT2D eigenvalue weighted by atomic mass is 19.2. The predicted octanol–water partition coefficient (Wildman–Crippen LogP) is 2.45. The van der Waals surface area contributed by atoms with Crippen molar-refractivity contribution in [2.24, 2.45) is 5.92 Å². The lowest BCUT2D eigenvalue weighted by Crippen LogP contribution is -2.38. The molecule has 6 nitrogen and oxygen atoms in total. The molecule has 0 saturated carbocycles. The van der Waals surface area contributed by atoms with Crippen LogP contribution in [-0.4, -0.2) is 39.2 Å². The Morgan fingerprint density at radius 1 is 1.33 bits per heavy atom. The number of aliphatic carboxylic acids is 1. The van der Waals surface area contributed by atoms with E-state index in [2.05, 4.69) is 10.1 Å². The van der Waals surface area contributed by atoms with Gasteiger partial charge in [-0.1, -0.05) is 5.16 Å². The molecule has 1 aliphatic heterocycles. The lowest BCUT2D eigenvalue weighted by atomic mass is 9.98. The highest BCUT2D eigenvalue weighted by Crippen LogP contribution is 2.23. The van der Waals surface area contributed by atoms with Crippen LogP contribution in [0, 0.1) is 23.4 Å². The van der Waals surface area contributed by atoms with E-state index in [0.29, 0.717) is 19.5 Å². The molecule has 0 aliphatic carbocycles. The predicted molar refractivity (Wildman–Crippen MR) is 75.2 cm³/mol. The lowest BCUT2D eigenvalue weighted by Gasteiger charge is -2.29. The quantitative estimate of drug-likeness (QED) is 0.861. The number of hydrogen-bond donors (Lipinski definition) is 1. The molecular weight excluding hydrogens is 327 g/mol. The van der Waals surface area contributed by atoms with Gasteiger partial charge in [0.05, 0.1) is 12.5 Å². The summed E-state index contributed by atoms with van der Waals surface area (Å²) in [7, 11) is 0. The molecule has 1 aliphatic rings. The molecule has 0 radical (unpaired) electrons. The standard InChI is InChI=1S/C15H14F3N3O3/c16-10-4-9(5-11(17)13(10)18)14-19-12(24-20-14)7-21-3-1-2-8(6-21)15(22)23/h4-5,8H,1-3,6-7H2,(H,22,23). The highest BCUT2D eigenvalue weighted by molar-refractivity contribution is 5.70. The largest absolute Gasteiger partial charge is 0.481 e. The molecule has 9 heteroatoms. The molecule has 2 heterocycles. The summed E-state index contributed by atoms with van der Waals surface area (Å²) in [6, 6.07) is 1.57. The van der Waals surface area contributed by atoms with E-state index in [4.69, 9.17) is 9.63 Å². The minimum absolute atomic E-state index is 0.0385. The van der Waals surface area contributed by atoms with Gasteiger partial charge in [0.1, 0.15) is 0 Å². The van der Waals surface area contributed by atoms with Gasteiger partial charge in [-0.25, -0.2) is 13.2 Å². The molecule has 24 heavy (non-hydrogen) atoms. The van der Waals surface area contributed by atoms with Crippen molar-refractivity contribution >= 4 is 5.97 Å². The molecule has 1 aromatic carbocycles. The maximum absolute atomic E-state index is 13.3. The van der Waals surface area contributed by atoms with Gasteiger partial charge in [0.2, 0.25) is 11.7 Å². The van der Waals surface area contributed by atoms with Gasteiger partial charge in [0, 0.05) is 12.1 Å². The first-order chi connectivity index (χ1) is 11.4. The first-order valence-electron chi connectivity index (χ1n) is 7.36. The second-order valence-corrected chi connectivity index (χ2v) is 5.68. The van der Waals surface area contributed by atoms with Crippen molar-refractivity contribution in [1.29, 1.82) is 0 Å². The molecule has 0 amide bonds. The van der Waals surface area contributed by atoms with E-state index >= 15 is 0 Å². The third-order valence-electron chi connectivity index (χ3n) is 3.92. The van der Waals surface area contributed by atoms with Crippen molar-refractivity contribution in [2.75, 3.05) is 13.1 Å².